The molecular formula is C30H34ClN7O3Si. The number of rotatable bonds is 10. The first-order valence-electron chi connectivity index (χ1n) is 14.1. The van der Waals surface area contributed by atoms with Crippen LogP contribution in [0.4, 0.5) is 0 Å². The molecule has 1 amide bonds. The van der Waals surface area contributed by atoms with E-state index in [4.69, 9.17) is 26.1 Å². The number of carbonyl (C=O) groups is 1. The van der Waals surface area contributed by atoms with Crippen LogP contribution < -0.4 is 4.74 Å². The normalized spacial score (nSPS) is 13.6. The van der Waals surface area contributed by atoms with Crippen molar-refractivity contribution in [3.8, 4) is 22.8 Å². The van der Waals surface area contributed by atoms with Gasteiger partial charge in [0.05, 0.1) is 34.6 Å². The molecule has 42 heavy (non-hydrogen) atoms. The Bertz CT molecular complexity index is 1770. The Morgan fingerprint density at radius 3 is 2.64 bits per heavy atom. The molecule has 0 N–H and O–H groups in total. The molecule has 2 aromatic carbocycles. The molecule has 4 heterocycles. The van der Waals surface area contributed by atoms with Crippen LogP contribution in [0.1, 0.15) is 12.2 Å². The van der Waals surface area contributed by atoms with E-state index in [0.717, 1.165) is 54.6 Å². The second-order valence-electron chi connectivity index (χ2n) is 11.8. The third-order valence-corrected chi connectivity index (χ3v) is 9.48. The lowest BCUT2D eigenvalue weighted by atomic mass is 10.2. The number of carbonyl (C=O) groups excluding carboxylic acids is 1. The Balaban J connectivity index is 1.22. The van der Waals surface area contributed by atoms with Gasteiger partial charge in [0.15, 0.2) is 0 Å². The molecule has 0 aliphatic carbocycles. The summed E-state index contributed by atoms with van der Waals surface area (Å²) in [6.07, 6.45) is 6.22. The molecule has 0 atom stereocenters. The Morgan fingerprint density at radius 1 is 1.07 bits per heavy atom. The van der Waals surface area contributed by atoms with E-state index >= 15 is 0 Å². The number of amides is 1. The third kappa shape index (κ3) is 6.04. The van der Waals surface area contributed by atoms with Gasteiger partial charge in [-0.15, -0.1) is 0 Å². The molecule has 0 saturated carbocycles. The Morgan fingerprint density at radius 2 is 1.88 bits per heavy atom. The van der Waals surface area contributed by atoms with Gasteiger partial charge in [-0.05, 0) is 43.7 Å². The first-order chi connectivity index (χ1) is 20.1. The van der Waals surface area contributed by atoms with Crippen molar-refractivity contribution in [2.24, 2.45) is 0 Å². The van der Waals surface area contributed by atoms with E-state index in [0.29, 0.717) is 40.0 Å². The van der Waals surface area contributed by atoms with Gasteiger partial charge in [0.25, 0.3) is 0 Å². The number of hydrogen-bond donors (Lipinski definition) is 0. The summed E-state index contributed by atoms with van der Waals surface area (Å²) in [4.78, 5) is 28.2. The minimum absolute atomic E-state index is 0.0660. The molecule has 10 nitrogen and oxygen atoms in total. The van der Waals surface area contributed by atoms with Crippen molar-refractivity contribution in [1.82, 2.24) is 34.2 Å². The minimum atomic E-state index is -1.17. The highest BCUT2D eigenvalue weighted by Gasteiger charge is 2.21. The average Bonchev–Trinajstić information content (AvgIpc) is 3.50. The van der Waals surface area contributed by atoms with Gasteiger partial charge in [-0.1, -0.05) is 31.2 Å². The summed E-state index contributed by atoms with van der Waals surface area (Å²) in [6, 6.07) is 10.5. The third-order valence-electron chi connectivity index (χ3n) is 7.41. The zero-order valence-electron chi connectivity index (χ0n) is 24.3. The van der Waals surface area contributed by atoms with Crippen molar-refractivity contribution in [2.45, 2.75) is 52.3 Å². The molecule has 6 rings (SSSR count). The van der Waals surface area contributed by atoms with E-state index in [1.54, 1.807) is 29.3 Å². The average molecular weight is 604 g/mol. The lowest BCUT2D eigenvalue weighted by molar-refractivity contribution is -0.135. The molecule has 0 spiro atoms. The molecule has 1 aliphatic heterocycles. The number of ether oxygens (including phenoxy) is 2. The molecular weight excluding hydrogens is 570 g/mol. The second kappa shape index (κ2) is 11.5. The summed E-state index contributed by atoms with van der Waals surface area (Å²) >= 11 is 6.82. The van der Waals surface area contributed by atoms with E-state index in [1.807, 2.05) is 36.1 Å². The number of hydrogen-bond acceptors (Lipinski definition) is 7. The first-order valence-corrected chi connectivity index (χ1v) is 18.2. The first kappa shape index (κ1) is 28.3. The SMILES string of the molecule is Cc1nc2ccc(Oc3ccc4ncc(-c5cnn(CC(=O)N6CCC6)c5)nc4c3Cl)cc2n1COCC[Si](C)(C)C. The topological polar surface area (TPSA) is 100 Å². The van der Waals surface area contributed by atoms with Crippen molar-refractivity contribution in [1.29, 1.82) is 0 Å². The summed E-state index contributed by atoms with van der Waals surface area (Å²) in [5.41, 5.74) is 4.34. The summed E-state index contributed by atoms with van der Waals surface area (Å²) in [5.74, 6) is 2.05. The largest absolute Gasteiger partial charge is 0.456 e. The minimum Gasteiger partial charge on any atom is -0.456 e. The lowest BCUT2D eigenvalue weighted by Crippen LogP contribution is -2.43. The monoisotopic (exact) mass is 603 g/mol. The Hall–Kier alpha value is -3.80. The number of imidazole rings is 1. The quantitative estimate of drug-likeness (QED) is 0.140. The van der Waals surface area contributed by atoms with Gasteiger partial charge in [-0.25, -0.2) is 9.97 Å². The fourth-order valence-corrected chi connectivity index (χ4v) is 5.74. The van der Waals surface area contributed by atoms with Gasteiger partial charge < -0.3 is 18.9 Å². The predicted octanol–water partition coefficient (Wildman–Crippen LogP) is 6.14. The van der Waals surface area contributed by atoms with Gasteiger partial charge in [0.2, 0.25) is 5.91 Å². The molecule has 1 aliphatic rings. The summed E-state index contributed by atoms with van der Waals surface area (Å²) in [5, 5.41) is 4.71. The van der Waals surface area contributed by atoms with Crippen LogP contribution >= 0.6 is 11.6 Å². The number of aromatic nitrogens is 6. The number of benzene rings is 2. The van der Waals surface area contributed by atoms with Crippen LogP contribution in [-0.4, -0.2) is 67.9 Å². The highest BCUT2D eigenvalue weighted by Crippen LogP contribution is 2.36. The molecule has 1 saturated heterocycles. The number of likely N-dealkylation sites (tertiary alicyclic amines) is 1. The van der Waals surface area contributed by atoms with E-state index in [1.165, 1.54) is 0 Å². The molecule has 0 bridgehead atoms. The number of aryl methyl sites for hydroxylation is 1. The Labute approximate surface area is 250 Å². The second-order valence-corrected chi connectivity index (χ2v) is 17.8. The summed E-state index contributed by atoms with van der Waals surface area (Å²) in [6.45, 7) is 12.0. The van der Waals surface area contributed by atoms with Crippen LogP contribution in [0.25, 0.3) is 33.3 Å². The molecule has 1 fully saturated rings. The van der Waals surface area contributed by atoms with Crippen molar-refractivity contribution in [3.63, 3.8) is 0 Å². The maximum absolute atomic E-state index is 12.3. The summed E-state index contributed by atoms with van der Waals surface area (Å²) < 4.78 is 16.0. The fourth-order valence-electron chi connectivity index (χ4n) is 4.74. The zero-order chi connectivity index (χ0) is 29.4. The van der Waals surface area contributed by atoms with E-state index < -0.39 is 8.07 Å². The highest BCUT2D eigenvalue weighted by molar-refractivity contribution is 6.76. The molecule has 0 unspecified atom stereocenters. The number of halogens is 1. The van der Waals surface area contributed by atoms with E-state index in [9.17, 15) is 4.79 Å². The van der Waals surface area contributed by atoms with Gasteiger partial charge in [0.1, 0.15) is 41.1 Å². The predicted molar refractivity (Wildman–Crippen MR) is 166 cm³/mol. The van der Waals surface area contributed by atoms with Gasteiger partial charge in [0, 0.05) is 45.6 Å². The molecule has 218 valence electrons. The van der Waals surface area contributed by atoms with Gasteiger partial charge in [-0.3, -0.25) is 14.5 Å². The van der Waals surface area contributed by atoms with Crippen LogP contribution in [0.3, 0.4) is 0 Å². The maximum Gasteiger partial charge on any atom is 0.244 e. The van der Waals surface area contributed by atoms with Crippen molar-refractivity contribution >= 4 is 47.6 Å². The number of fused-ring (bicyclic) bond motifs is 2. The molecule has 3 aromatic heterocycles. The Kier molecular flexibility index (Phi) is 7.73. The molecule has 12 heteroatoms. The van der Waals surface area contributed by atoms with E-state index in [-0.39, 0.29) is 12.5 Å². The molecule has 5 aromatic rings. The summed E-state index contributed by atoms with van der Waals surface area (Å²) in [7, 11) is -1.17. The fraction of sp³-hybridized carbons (Fsp3) is 0.367. The van der Waals surface area contributed by atoms with Crippen LogP contribution in [0.5, 0.6) is 11.5 Å². The highest BCUT2D eigenvalue weighted by atomic mass is 35.5. The smallest absolute Gasteiger partial charge is 0.244 e. The van der Waals surface area contributed by atoms with Gasteiger partial charge in [-0.2, -0.15) is 5.10 Å². The van der Waals surface area contributed by atoms with Crippen LogP contribution in [0.15, 0.2) is 48.9 Å². The maximum atomic E-state index is 12.3. The van der Waals surface area contributed by atoms with Crippen LogP contribution in [-0.2, 0) is 22.8 Å². The lowest BCUT2D eigenvalue weighted by Gasteiger charge is -2.30. The van der Waals surface area contributed by atoms with E-state index in [2.05, 4.69) is 39.3 Å². The molecule has 0 radical (unpaired) electrons. The van der Waals surface area contributed by atoms with Crippen molar-refractivity contribution in [2.75, 3.05) is 19.7 Å². The van der Waals surface area contributed by atoms with Crippen molar-refractivity contribution in [3.05, 3.63) is 59.8 Å². The standard InChI is InChI=1S/C30H34ClN7O3Si/c1-20-34-23-7-6-22(14-26(23)38(20)19-40-12-13-42(2,3)4)41-27-9-8-24-30(29(27)31)35-25(16-32-24)21-15-33-37(17-21)18-28(39)36-10-5-11-36/h6-9,14-17H,5,10-13,18-19H2,1-4H3. The number of nitrogens with zero attached hydrogens (tertiary/aromatic N) is 7. The zero-order valence-corrected chi connectivity index (χ0v) is 26.1. The van der Waals surface area contributed by atoms with Crippen LogP contribution in [0.2, 0.25) is 30.7 Å². The van der Waals surface area contributed by atoms with Gasteiger partial charge >= 0.3 is 0 Å². The van der Waals surface area contributed by atoms with Crippen molar-refractivity contribution < 1.29 is 14.3 Å². The van der Waals surface area contributed by atoms with Crippen LogP contribution in [0, 0.1) is 6.92 Å².